The number of rotatable bonds is 2. The van der Waals surface area contributed by atoms with Gasteiger partial charge >= 0.3 is 5.69 Å². The molecule has 1 saturated heterocycles. The van der Waals surface area contributed by atoms with Gasteiger partial charge in [0, 0.05) is 23.7 Å². The summed E-state index contributed by atoms with van der Waals surface area (Å²) in [5.74, 6) is -1.24. The fourth-order valence-electron chi connectivity index (χ4n) is 1.94. The van der Waals surface area contributed by atoms with Crippen molar-refractivity contribution in [2.75, 3.05) is 6.54 Å². The Balaban J connectivity index is 2.44. The summed E-state index contributed by atoms with van der Waals surface area (Å²) in [5, 5.41) is 23.2. The summed E-state index contributed by atoms with van der Waals surface area (Å²) in [6.45, 7) is 0.801. The lowest BCUT2D eigenvalue weighted by Gasteiger charge is -2.12. The van der Waals surface area contributed by atoms with Gasteiger partial charge in [-0.3, -0.25) is 10.1 Å². The first-order valence-electron chi connectivity index (χ1n) is 5.00. The van der Waals surface area contributed by atoms with Gasteiger partial charge in [0.2, 0.25) is 5.82 Å². The maximum atomic E-state index is 13.1. The van der Waals surface area contributed by atoms with E-state index in [1.807, 2.05) is 0 Å². The highest BCUT2D eigenvalue weighted by molar-refractivity contribution is 5.46. The van der Waals surface area contributed by atoms with Crippen LogP contribution in [-0.4, -0.2) is 16.6 Å². The van der Waals surface area contributed by atoms with Crippen molar-refractivity contribution in [1.29, 1.82) is 0 Å². The van der Waals surface area contributed by atoms with E-state index in [0.717, 1.165) is 31.5 Å². The van der Waals surface area contributed by atoms with Crippen molar-refractivity contribution in [3.63, 3.8) is 0 Å². The smallest absolute Gasteiger partial charge is 0.305 e. The Labute approximate surface area is 91.0 Å². The number of aromatic hydroxyl groups is 1. The average Bonchev–Trinajstić information content (AvgIpc) is 2.70. The lowest BCUT2D eigenvalue weighted by atomic mass is 10.0. The zero-order valence-electron chi connectivity index (χ0n) is 8.44. The Kier molecular flexibility index (Phi) is 2.74. The third kappa shape index (κ3) is 1.83. The molecule has 0 aliphatic carbocycles. The van der Waals surface area contributed by atoms with E-state index in [-0.39, 0.29) is 11.8 Å². The minimum absolute atomic E-state index is 0.126. The number of hydrogen-bond acceptors (Lipinski definition) is 4. The molecule has 0 saturated carbocycles. The van der Waals surface area contributed by atoms with Crippen molar-refractivity contribution in [2.45, 2.75) is 18.9 Å². The van der Waals surface area contributed by atoms with Crippen molar-refractivity contribution in [2.24, 2.45) is 0 Å². The van der Waals surface area contributed by atoms with Crippen LogP contribution in [0, 0.1) is 15.9 Å². The SMILES string of the molecule is O=[N+]([O-])c1cc([C@H]2CCCN2)c(O)cc1F. The van der Waals surface area contributed by atoms with E-state index in [1.165, 1.54) is 0 Å². The van der Waals surface area contributed by atoms with Crippen molar-refractivity contribution in [3.05, 3.63) is 33.6 Å². The molecule has 0 aromatic heterocycles. The number of hydrogen-bond donors (Lipinski definition) is 2. The molecule has 1 aromatic carbocycles. The Morgan fingerprint density at radius 1 is 1.56 bits per heavy atom. The van der Waals surface area contributed by atoms with Crippen LogP contribution in [0.25, 0.3) is 0 Å². The highest BCUT2D eigenvalue weighted by Crippen LogP contribution is 2.34. The molecule has 0 spiro atoms. The molecule has 1 aliphatic rings. The van der Waals surface area contributed by atoms with Gasteiger partial charge < -0.3 is 10.4 Å². The van der Waals surface area contributed by atoms with Gasteiger partial charge in [-0.05, 0) is 19.4 Å². The van der Waals surface area contributed by atoms with Crippen LogP contribution in [-0.2, 0) is 0 Å². The molecule has 1 aliphatic heterocycles. The van der Waals surface area contributed by atoms with Crippen molar-refractivity contribution < 1.29 is 14.4 Å². The fraction of sp³-hybridized carbons (Fsp3) is 0.400. The molecule has 5 nitrogen and oxygen atoms in total. The van der Waals surface area contributed by atoms with Gasteiger partial charge in [-0.25, -0.2) is 0 Å². The lowest BCUT2D eigenvalue weighted by Crippen LogP contribution is -2.13. The summed E-state index contributed by atoms with van der Waals surface area (Å²) in [4.78, 5) is 9.78. The molecule has 0 amide bonds. The zero-order valence-corrected chi connectivity index (χ0v) is 8.44. The molecular formula is C10H11FN2O3. The molecule has 0 unspecified atom stereocenters. The van der Waals surface area contributed by atoms with Crippen molar-refractivity contribution in [3.8, 4) is 5.75 Å². The number of nitrogens with zero attached hydrogens (tertiary/aromatic N) is 1. The van der Waals surface area contributed by atoms with Gasteiger partial charge in [0.05, 0.1) is 4.92 Å². The highest BCUT2D eigenvalue weighted by atomic mass is 19.1. The Morgan fingerprint density at radius 3 is 2.88 bits per heavy atom. The van der Waals surface area contributed by atoms with Crippen LogP contribution in [0.15, 0.2) is 12.1 Å². The van der Waals surface area contributed by atoms with Gasteiger partial charge in [0.15, 0.2) is 0 Å². The topological polar surface area (TPSA) is 75.4 Å². The first-order valence-corrected chi connectivity index (χ1v) is 5.00. The minimum Gasteiger partial charge on any atom is -0.507 e. The molecule has 1 fully saturated rings. The monoisotopic (exact) mass is 226 g/mol. The Morgan fingerprint density at radius 2 is 2.31 bits per heavy atom. The zero-order chi connectivity index (χ0) is 11.7. The van der Waals surface area contributed by atoms with E-state index in [0.29, 0.717) is 5.56 Å². The number of nitro benzene ring substituents is 1. The van der Waals surface area contributed by atoms with Crippen LogP contribution in [0.4, 0.5) is 10.1 Å². The number of nitrogens with one attached hydrogen (secondary N) is 1. The molecule has 16 heavy (non-hydrogen) atoms. The van der Waals surface area contributed by atoms with Crippen molar-refractivity contribution in [1.82, 2.24) is 5.32 Å². The van der Waals surface area contributed by atoms with Crippen molar-refractivity contribution >= 4 is 5.69 Å². The molecule has 1 aromatic rings. The first-order chi connectivity index (χ1) is 7.59. The summed E-state index contributed by atoms with van der Waals surface area (Å²) < 4.78 is 13.1. The second-order valence-electron chi connectivity index (χ2n) is 3.77. The van der Waals surface area contributed by atoms with Gasteiger partial charge in [-0.1, -0.05) is 0 Å². The van der Waals surface area contributed by atoms with E-state index >= 15 is 0 Å². The predicted octanol–water partition coefficient (Wildman–Crippen LogP) is 1.86. The molecular weight excluding hydrogens is 215 g/mol. The van der Waals surface area contributed by atoms with Gasteiger partial charge in [0.25, 0.3) is 0 Å². The fourth-order valence-corrected chi connectivity index (χ4v) is 1.94. The van der Waals surface area contributed by atoms with Crippen LogP contribution in [0.3, 0.4) is 0 Å². The molecule has 1 atom stereocenters. The van der Waals surface area contributed by atoms with E-state index in [9.17, 15) is 19.6 Å². The Hall–Kier alpha value is -1.69. The largest absolute Gasteiger partial charge is 0.507 e. The van der Waals surface area contributed by atoms with Crippen LogP contribution in [0.5, 0.6) is 5.75 Å². The van der Waals surface area contributed by atoms with E-state index in [1.54, 1.807) is 0 Å². The molecule has 0 bridgehead atoms. The summed E-state index contributed by atoms with van der Waals surface area (Å²) >= 11 is 0. The van der Waals surface area contributed by atoms with E-state index in [4.69, 9.17) is 0 Å². The van der Waals surface area contributed by atoms with Crippen LogP contribution < -0.4 is 5.32 Å². The van der Waals surface area contributed by atoms with Gasteiger partial charge in [-0.15, -0.1) is 0 Å². The standard InChI is InChI=1S/C10H11FN2O3/c11-7-5-10(14)6(4-9(7)13(15)16)8-2-1-3-12-8/h4-5,8,12,14H,1-3H2/t8-/m1/s1. The second kappa shape index (κ2) is 4.05. The van der Waals surface area contributed by atoms with Gasteiger partial charge in [0.1, 0.15) is 5.75 Å². The first kappa shape index (κ1) is 10.8. The maximum absolute atomic E-state index is 13.1. The maximum Gasteiger partial charge on any atom is 0.305 e. The third-order valence-corrected chi connectivity index (χ3v) is 2.73. The molecule has 2 rings (SSSR count). The molecule has 1 heterocycles. The van der Waals surface area contributed by atoms with Gasteiger partial charge in [-0.2, -0.15) is 4.39 Å². The highest BCUT2D eigenvalue weighted by Gasteiger charge is 2.24. The summed E-state index contributed by atoms with van der Waals surface area (Å²) in [7, 11) is 0. The molecule has 86 valence electrons. The van der Waals surface area contributed by atoms with E-state index < -0.39 is 16.4 Å². The normalized spacial score (nSPS) is 19.9. The summed E-state index contributed by atoms with van der Waals surface area (Å²) in [6.07, 6.45) is 1.73. The number of halogens is 1. The third-order valence-electron chi connectivity index (χ3n) is 2.73. The summed E-state index contributed by atoms with van der Waals surface area (Å²) in [6, 6.07) is 1.78. The van der Waals surface area contributed by atoms with E-state index in [2.05, 4.69) is 5.32 Å². The molecule has 0 radical (unpaired) electrons. The second-order valence-corrected chi connectivity index (χ2v) is 3.77. The number of nitro groups is 1. The van der Waals surface area contributed by atoms with Crippen LogP contribution in [0.1, 0.15) is 24.4 Å². The lowest BCUT2D eigenvalue weighted by molar-refractivity contribution is -0.387. The van der Waals surface area contributed by atoms with Crippen LogP contribution >= 0.6 is 0 Å². The number of benzene rings is 1. The quantitative estimate of drug-likeness (QED) is 0.596. The number of phenolic OH excluding ortho intramolecular Hbond substituents is 1. The predicted molar refractivity (Wildman–Crippen MR) is 54.7 cm³/mol. The van der Waals surface area contributed by atoms with Crippen LogP contribution in [0.2, 0.25) is 0 Å². The molecule has 2 N–H and O–H groups in total. The average molecular weight is 226 g/mol. The molecule has 6 heteroatoms. The minimum atomic E-state index is -1.01. The Bertz CT molecular complexity index is 430. The summed E-state index contributed by atoms with van der Waals surface area (Å²) in [5.41, 5.74) is -0.202. The number of phenols is 1.